The maximum Gasteiger partial charge on any atom is 0.0569 e. The zero-order valence-electron chi connectivity index (χ0n) is 10.9. The fourth-order valence-electron chi connectivity index (χ4n) is 2.55. The van der Waals surface area contributed by atoms with Crippen LogP contribution in [0.15, 0.2) is 18.3 Å². The summed E-state index contributed by atoms with van der Waals surface area (Å²) in [7, 11) is 2.18. The molecule has 0 spiro atoms. The number of hydrogen-bond donors (Lipinski definition) is 1. The third kappa shape index (κ3) is 2.97. The van der Waals surface area contributed by atoms with Crippen molar-refractivity contribution in [2.24, 2.45) is 5.73 Å². The summed E-state index contributed by atoms with van der Waals surface area (Å²) in [5, 5.41) is 0. The lowest BCUT2D eigenvalue weighted by atomic mass is 9.94. The van der Waals surface area contributed by atoms with E-state index in [-0.39, 0.29) is 6.04 Å². The van der Waals surface area contributed by atoms with Crippen LogP contribution in [-0.4, -0.2) is 18.1 Å². The quantitative estimate of drug-likeness (QED) is 0.873. The molecule has 0 aliphatic heterocycles. The first-order chi connectivity index (χ1) is 8.18. The number of aromatic nitrogens is 1. The molecule has 1 aromatic heterocycles. The molecule has 1 heterocycles. The predicted octanol–water partition coefficient (Wildman–Crippen LogP) is 2.87. The second-order valence-electron chi connectivity index (χ2n) is 5.13. The molecule has 2 rings (SSSR count). The molecule has 0 saturated heterocycles. The topological polar surface area (TPSA) is 42.1 Å². The van der Waals surface area contributed by atoms with Crippen LogP contribution in [-0.2, 0) is 0 Å². The van der Waals surface area contributed by atoms with E-state index in [1.165, 1.54) is 37.8 Å². The molecule has 0 aromatic carbocycles. The maximum atomic E-state index is 5.81. The predicted molar refractivity (Wildman–Crippen MR) is 72.1 cm³/mol. The Morgan fingerprint density at radius 2 is 2.00 bits per heavy atom. The zero-order chi connectivity index (χ0) is 12.3. The molecule has 1 atom stereocenters. The summed E-state index contributed by atoms with van der Waals surface area (Å²) in [5.74, 6) is 0. The molecule has 0 amide bonds. The molecular weight excluding hydrogens is 210 g/mol. The van der Waals surface area contributed by atoms with E-state index in [1.807, 2.05) is 19.2 Å². The number of anilines is 1. The molecule has 94 valence electrons. The van der Waals surface area contributed by atoms with Crippen LogP contribution in [0.3, 0.4) is 0 Å². The zero-order valence-corrected chi connectivity index (χ0v) is 10.9. The Morgan fingerprint density at radius 3 is 2.53 bits per heavy atom. The number of nitrogens with two attached hydrogens (primary N) is 1. The highest BCUT2D eigenvalue weighted by molar-refractivity contribution is 5.45. The molecule has 0 radical (unpaired) electrons. The molecular formula is C14H23N3. The highest BCUT2D eigenvalue weighted by atomic mass is 15.1. The van der Waals surface area contributed by atoms with Crippen LogP contribution in [0.2, 0.25) is 0 Å². The van der Waals surface area contributed by atoms with Gasteiger partial charge in [-0.25, -0.2) is 0 Å². The van der Waals surface area contributed by atoms with Gasteiger partial charge in [-0.15, -0.1) is 0 Å². The molecule has 1 aliphatic rings. The second kappa shape index (κ2) is 5.50. The van der Waals surface area contributed by atoms with E-state index in [9.17, 15) is 0 Å². The van der Waals surface area contributed by atoms with Crippen LogP contribution in [0.1, 0.15) is 50.8 Å². The highest BCUT2D eigenvalue weighted by Crippen LogP contribution is 2.25. The van der Waals surface area contributed by atoms with Crippen molar-refractivity contribution >= 4 is 5.69 Å². The minimum Gasteiger partial charge on any atom is -0.370 e. The smallest absolute Gasteiger partial charge is 0.0569 e. The summed E-state index contributed by atoms with van der Waals surface area (Å²) in [6, 6.07) is 4.88. The van der Waals surface area contributed by atoms with Crippen LogP contribution in [0.25, 0.3) is 0 Å². The largest absolute Gasteiger partial charge is 0.370 e. The Morgan fingerprint density at radius 1 is 1.29 bits per heavy atom. The summed E-state index contributed by atoms with van der Waals surface area (Å²) in [4.78, 5) is 6.80. The highest BCUT2D eigenvalue weighted by Gasteiger charge is 2.18. The van der Waals surface area contributed by atoms with E-state index < -0.39 is 0 Å². The van der Waals surface area contributed by atoms with E-state index >= 15 is 0 Å². The van der Waals surface area contributed by atoms with Gasteiger partial charge in [-0.2, -0.15) is 0 Å². The molecule has 1 fully saturated rings. The minimum absolute atomic E-state index is 0.0176. The fraction of sp³-hybridized carbons (Fsp3) is 0.643. The van der Waals surface area contributed by atoms with Crippen LogP contribution < -0.4 is 10.6 Å². The van der Waals surface area contributed by atoms with E-state index in [0.29, 0.717) is 6.04 Å². The Balaban J connectivity index is 2.05. The number of nitrogens with zero attached hydrogens (tertiary/aromatic N) is 2. The van der Waals surface area contributed by atoms with Crippen LogP contribution >= 0.6 is 0 Å². The Bertz CT molecular complexity index is 339. The van der Waals surface area contributed by atoms with Gasteiger partial charge in [-0.05, 0) is 31.9 Å². The molecule has 1 aliphatic carbocycles. The van der Waals surface area contributed by atoms with Gasteiger partial charge in [0.2, 0.25) is 0 Å². The number of pyridine rings is 1. The Hall–Kier alpha value is -1.09. The number of rotatable bonds is 3. The monoisotopic (exact) mass is 233 g/mol. The molecule has 0 bridgehead atoms. The average Bonchev–Trinajstić information content (AvgIpc) is 2.39. The first kappa shape index (κ1) is 12.4. The van der Waals surface area contributed by atoms with E-state index in [2.05, 4.69) is 23.0 Å². The van der Waals surface area contributed by atoms with Gasteiger partial charge >= 0.3 is 0 Å². The maximum absolute atomic E-state index is 5.81. The third-order valence-electron chi connectivity index (χ3n) is 3.77. The van der Waals surface area contributed by atoms with Gasteiger partial charge in [-0.1, -0.05) is 19.3 Å². The SMILES string of the molecule is CC(N)c1ccc(N(C)C2CCCCC2)cn1. The summed E-state index contributed by atoms with van der Waals surface area (Å²) in [6.45, 7) is 1.97. The Kier molecular flexibility index (Phi) is 4.00. The lowest BCUT2D eigenvalue weighted by Gasteiger charge is -2.32. The summed E-state index contributed by atoms with van der Waals surface area (Å²) in [6.07, 6.45) is 8.69. The number of hydrogen-bond acceptors (Lipinski definition) is 3. The van der Waals surface area contributed by atoms with Crippen LogP contribution in [0.4, 0.5) is 5.69 Å². The van der Waals surface area contributed by atoms with Gasteiger partial charge in [0.15, 0.2) is 0 Å². The normalized spacial score (nSPS) is 19.0. The molecule has 1 saturated carbocycles. The van der Waals surface area contributed by atoms with E-state index in [1.54, 1.807) is 0 Å². The van der Waals surface area contributed by atoms with E-state index in [4.69, 9.17) is 5.73 Å². The van der Waals surface area contributed by atoms with Gasteiger partial charge in [0.05, 0.1) is 17.6 Å². The fourth-order valence-corrected chi connectivity index (χ4v) is 2.55. The van der Waals surface area contributed by atoms with Gasteiger partial charge in [-0.3, -0.25) is 4.98 Å². The molecule has 17 heavy (non-hydrogen) atoms. The average molecular weight is 233 g/mol. The van der Waals surface area contributed by atoms with Crippen molar-refractivity contribution in [3.63, 3.8) is 0 Å². The summed E-state index contributed by atoms with van der Waals surface area (Å²) in [5.41, 5.74) is 7.98. The van der Waals surface area contributed by atoms with Crippen molar-refractivity contribution in [3.8, 4) is 0 Å². The standard InChI is InChI=1S/C14H23N3/c1-11(15)14-9-8-13(10-16-14)17(2)12-6-4-3-5-7-12/h8-12H,3-7,15H2,1-2H3. The molecule has 3 nitrogen and oxygen atoms in total. The van der Waals surface area contributed by atoms with Gasteiger partial charge in [0.25, 0.3) is 0 Å². The van der Waals surface area contributed by atoms with Gasteiger partial charge < -0.3 is 10.6 Å². The molecule has 2 N–H and O–H groups in total. The van der Waals surface area contributed by atoms with Crippen LogP contribution in [0.5, 0.6) is 0 Å². The first-order valence-electron chi connectivity index (χ1n) is 6.63. The van der Waals surface area contributed by atoms with Crippen molar-refractivity contribution in [3.05, 3.63) is 24.0 Å². The Labute approximate surface area is 104 Å². The van der Waals surface area contributed by atoms with Crippen molar-refractivity contribution in [1.29, 1.82) is 0 Å². The van der Waals surface area contributed by atoms with Crippen molar-refractivity contribution < 1.29 is 0 Å². The van der Waals surface area contributed by atoms with Crippen molar-refractivity contribution in [2.45, 2.75) is 51.1 Å². The van der Waals surface area contributed by atoms with Crippen molar-refractivity contribution in [2.75, 3.05) is 11.9 Å². The lowest BCUT2D eigenvalue weighted by Crippen LogP contribution is -2.33. The minimum atomic E-state index is 0.0176. The molecule has 1 unspecified atom stereocenters. The molecule has 3 heteroatoms. The summed E-state index contributed by atoms with van der Waals surface area (Å²) >= 11 is 0. The van der Waals surface area contributed by atoms with Gasteiger partial charge in [0.1, 0.15) is 0 Å². The summed E-state index contributed by atoms with van der Waals surface area (Å²) < 4.78 is 0. The first-order valence-corrected chi connectivity index (χ1v) is 6.63. The van der Waals surface area contributed by atoms with Crippen LogP contribution in [0, 0.1) is 0 Å². The lowest BCUT2D eigenvalue weighted by molar-refractivity contribution is 0.427. The second-order valence-corrected chi connectivity index (χ2v) is 5.13. The van der Waals surface area contributed by atoms with E-state index in [0.717, 1.165) is 5.69 Å². The third-order valence-corrected chi connectivity index (χ3v) is 3.77. The van der Waals surface area contributed by atoms with Crippen molar-refractivity contribution in [1.82, 2.24) is 4.98 Å². The van der Waals surface area contributed by atoms with Gasteiger partial charge in [0, 0.05) is 19.1 Å². The molecule has 1 aromatic rings.